The van der Waals surface area contributed by atoms with Gasteiger partial charge in [-0.3, -0.25) is 0 Å². The maximum absolute atomic E-state index is 11.9. The van der Waals surface area contributed by atoms with Crippen molar-refractivity contribution in [1.29, 1.82) is 0 Å². The van der Waals surface area contributed by atoms with Crippen LogP contribution in [-0.4, -0.2) is 43.6 Å². The topological polar surface area (TPSA) is 69.6 Å². The van der Waals surface area contributed by atoms with Crippen LogP contribution in [0.2, 0.25) is 0 Å². The van der Waals surface area contributed by atoms with Crippen molar-refractivity contribution in [2.45, 2.75) is 51.1 Å². The van der Waals surface area contributed by atoms with Crippen LogP contribution in [0.5, 0.6) is 0 Å². The molecule has 0 aromatic carbocycles. The molecule has 0 aromatic rings. The minimum Gasteiger partial charge on any atom is -0.395 e. The van der Waals surface area contributed by atoms with Gasteiger partial charge in [0, 0.05) is 19.1 Å². The highest BCUT2D eigenvalue weighted by atomic mass is 32.2. The monoisotopic (exact) mass is 250 g/mol. The lowest BCUT2D eigenvalue weighted by Crippen LogP contribution is -2.48. The lowest BCUT2D eigenvalue weighted by molar-refractivity contribution is 0.254. The summed E-state index contributed by atoms with van der Waals surface area (Å²) in [5.74, 6) is 0. The van der Waals surface area contributed by atoms with Gasteiger partial charge >= 0.3 is 0 Å². The molecule has 6 heteroatoms. The minimum atomic E-state index is -3.45. The first kappa shape index (κ1) is 13.9. The molecule has 0 radical (unpaired) electrons. The Morgan fingerprint density at radius 3 is 2.44 bits per heavy atom. The quantitative estimate of drug-likeness (QED) is 0.745. The number of aliphatic hydroxyl groups is 1. The molecule has 16 heavy (non-hydrogen) atoms. The highest BCUT2D eigenvalue weighted by molar-refractivity contribution is 7.87. The molecule has 0 heterocycles. The Morgan fingerprint density at radius 1 is 1.38 bits per heavy atom. The minimum absolute atomic E-state index is 0.108. The van der Waals surface area contributed by atoms with E-state index < -0.39 is 16.3 Å². The van der Waals surface area contributed by atoms with Gasteiger partial charge in [-0.2, -0.15) is 17.4 Å². The Kier molecular flexibility index (Phi) is 5.17. The summed E-state index contributed by atoms with van der Waals surface area (Å²) in [6, 6.07) is -0.326. The van der Waals surface area contributed by atoms with Crippen LogP contribution in [0.25, 0.3) is 0 Å². The average molecular weight is 250 g/mol. The summed E-state index contributed by atoms with van der Waals surface area (Å²) in [4.78, 5) is 0. The standard InChI is InChI=1S/C10H22N2O3S/c1-9(8-13)11-16(14,15)12(2)10-6-4-3-5-7-10/h9-11,13H,3-8H2,1-2H3/t9-/m1/s1. The number of hydrogen-bond donors (Lipinski definition) is 2. The van der Waals surface area contributed by atoms with Crippen molar-refractivity contribution in [3.63, 3.8) is 0 Å². The van der Waals surface area contributed by atoms with Crippen molar-refractivity contribution in [2.75, 3.05) is 13.7 Å². The van der Waals surface area contributed by atoms with E-state index >= 15 is 0 Å². The third kappa shape index (κ3) is 3.69. The zero-order valence-corrected chi connectivity index (χ0v) is 10.8. The third-order valence-corrected chi connectivity index (χ3v) is 4.85. The molecular weight excluding hydrogens is 228 g/mol. The van der Waals surface area contributed by atoms with Gasteiger partial charge in [-0.1, -0.05) is 19.3 Å². The van der Waals surface area contributed by atoms with E-state index in [0.717, 1.165) is 25.7 Å². The van der Waals surface area contributed by atoms with Crippen molar-refractivity contribution >= 4 is 10.2 Å². The Hall–Kier alpha value is -0.170. The van der Waals surface area contributed by atoms with Crippen molar-refractivity contribution < 1.29 is 13.5 Å². The molecule has 1 saturated carbocycles. The molecule has 0 aliphatic heterocycles. The highest BCUT2D eigenvalue weighted by Crippen LogP contribution is 2.22. The van der Waals surface area contributed by atoms with Crippen LogP contribution < -0.4 is 4.72 Å². The smallest absolute Gasteiger partial charge is 0.279 e. The third-order valence-electron chi connectivity index (χ3n) is 3.09. The molecule has 1 fully saturated rings. The number of hydrogen-bond acceptors (Lipinski definition) is 3. The van der Waals surface area contributed by atoms with Crippen LogP contribution in [-0.2, 0) is 10.2 Å². The van der Waals surface area contributed by atoms with Crippen LogP contribution >= 0.6 is 0 Å². The van der Waals surface area contributed by atoms with Crippen LogP contribution in [0.1, 0.15) is 39.0 Å². The number of aliphatic hydroxyl groups excluding tert-OH is 1. The maximum Gasteiger partial charge on any atom is 0.279 e. The normalized spacial score (nSPS) is 21.2. The largest absolute Gasteiger partial charge is 0.395 e. The molecule has 1 rings (SSSR count). The molecule has 0 saturated heterocycles. The van der Waals surface area contributed by atoms with Gasteiger partial charge in [0.1, 0.15) is 0 Å². The second-order valence-electron chi connectivity index (χ2n) is 4.51. The molecular formula is C10H22N2O3S. The van der Waals surface area contributed by atoms with Crippen LogP contribution in [0, 0.1) is 0 Å². The summed E-state index contributed by atoms with van der Waals surface area (Å²) in [5.41, 5.74) is 0. The first-order valence-electron chi connectivity index (χ1n) is 5.83. The Bertz CT molecular complexity index is 299. The van der Waals surface area contributed by atoms with Crippen molar-refractivity contribution in [3.05, 3.63) is 0 Å². The zero-order chi connectivity index (χ0) is 12.2. The van der Waals surface area contributed by atoms with E-state index in [0.29, 0.717) is 0 Å². The Balaban J connectivity index is 2.59. The van der Waals surface area contributed by atoms with Crippen LogP contribution in [0.3, 0.4) is 0 Å². The number of rotatable bonds is 5. The molecule has 5 nitrogen and oxygen atoms in total. The van der Waals surface area contributed by atoms with Gasteiger partial charge in [0.2, 0.25) is 0 Å². The van der Waals surface area contributed by atoms with Crippen molar-refractivity contribution in [1.82, 2.24) is 9.03 Å². The fourth-order valence-electron chi connectivity index (χ4n) is 2.02. The van der Waals surface area contributed by atoms with E-state index in [9.17, 15) is 8.42 Å². The summed E-state index contributed by atoms with van der Waals surface area (Å²) in [6.07, 6.45) is 5.26. The average Bonchev–Trinajstić information content (AvgIpc) is 2.28. The summed E-state index contributed by atoms with van der Waals surface area (Å²) in [7, 11) is -1.83. The van der Waals surface area contributed by atoms with Gasteiger partial charge in [-0.15, -0.1) is 0 Å². The van der Waals surface area contributed by atoms with E-state index in [2.05, 4.69) is 4.72 Å². The van der Waals surface area contributed by atoms with Gasteiger partial charge < -0.3 is 5.11 Å². The van der Waals surface area contributed by atoms with E-state index in [-0.39, 0.29) is 12.6 Å². The molecule has 1 aliphatic carbocycles. The van der Waals surface area contributed by atoms with Gasteiger partial charge in [0.15, 0.2) is 0 Å². The zero-order valence-electron chi connectivity index (χ0n) is 10.0. The lowest BCUT2D eigenvalue weighted by Gasteiger charge is -2.31. The van der Waals surface area contributed by atoms with Crippen molar-refractivity contribution in [3.8, 4) is 0 Å². The van der Waals surface area contributed by atoms with E-state index in [1.54, 1.807) is 14.0 Å². The molecule has 1 aliphatic rings. The van der Waals surface area contributed by atoms with Crippen LogP contribution in [0.15, 0.2) is 0 Å². The molecule has 0 spiro atoms. The summed E-state index contributed by atoms with van der Waals surface area (Å²) >= 11 is 0. The maximum atomic E-state index is 11.9. The Morgan fingerprint density at radius 2 is 1.94 bits per heavy atom. The second kappa shape index (κ2) is 5.95. The van der Waals surface area contributed by atoms with E-state index in [4.69, 9.17) is 5.11 Å². The first-order valence-corrected chi connectivity index (χ1v) is 7.27. The fraction of sp³-hybridized carbons (Fsp3) is 1.00. The molecule has 0 aromatic heterocycles. The summed E-state index contributed by atoms with van der Waals surface area (Å²) < 4.78 is 27.7. The van der Waals surface area contributed by atoms with E-state index in [1.807, 2.05) is 0 Å². The van der Waals surface area contributed by atoms with Gasteiger partial charge in [0.05, 0.1) is 6.61 Å². The highest BCUT2D eigenvalue weighted by Gasteiger charge is 2.28. The van der Waals surface area contributed by atoms with Gasteiger partial charge in [0.25, 0.3) is 10.2 Å². The summed E-state index contributed by atoms with van der Waals surface area (Å²) in [6.45, 7) is 1.46. The molecule has 1 atom stereocenters. The van der Waals surface area contributed by atoms with Gasteiger partial charge in [-0.25, -0.2) is 0 Å². The number of nitrogens with zero attached hydrogens (tertiary/aromatic N) is 1. The predicted octanol–water partition coefficient (Wildman–Crippen LogP) is 0.466. The van der Waals surface area contributed by atoms with Crippen LogP contribution in [0.4, 0.5) is 0 Å². The molecule has 2 N–H and O–H groups in total. The first-order chi connectivity index (χ1) is 7.47. The SMILES string of the molecule is C[C@H](CO)NS(=O)(=O)N(C)C1CCCCC1. The Labute approximate surface area is 98.0 Å². The fourth-order valence-corrected chi connectivity index (χ4v) is 3.37. The molecule has 96 valence electrons. The number of nitrogens with one attached hydrogen (secondary N) is 1. The lowest BCUT2D eigenvalue weighted by atomic mass is 9.96. The van der Waals surface area contributed by atoms with Crippen molar-refractivity contribution in [2.24, 2.45) is 0 Å². The summed E-state index contributed by atoms with van der Waals surface area (Å²) in [5, 5.41) is 8.84. The predicted molar refractivity (Wildman–Crippen MR) is 63.2 cm³/mol. The van der Waals surface area contributed by atoms with E-state index in [1.165, 1.54) is 10.7 Å². The van der Waals surface area contributed by atoms with Gasteiger partial charge in [-0.05, 0) is 19.8 Å². The molecule has 0 unspecified atom stereocenters. The second-order valence-corrected chi connectivity index (χ2v) is 6.28. The molecule has 0 amide bonds. The molecule has 0 bridgehead atoms.